The second kappa shape index (κ2) is 4.56. The summed E-state index contributed by atoms with van der Waals surface area (Å²) in [7, 11) is 0. The van der Waals surface area contributed by atoms with Crippen LogP contribution in [0.3, 0.4) is 0 Å². The van der Waals surface area contributed by atoms with Gasteiger partial charge in [-0.15, -0.1) is 0 Å². The highest BCUT2D eigenvalue weighted by Crippen LogP contribution is 2.19. The first-order chi connectivity index (χ1) is 6.09. The van der Waals surface area contributed by atoms with Crippen LogP contribution < -0.4 is 4.18 Å². The fourth-order valence-corrected chi connectivity index (χ4v) is 1.60. The van der Waals surface area contributed by atoms with E-state index >= 15 is 0 Å². The van der Waals surface area contributed by atoms with E-state index in [2.05, 4.69) is 38.5 Å². The summed E-state index contributed by atoms with van der Waals surface area (Å²) in [6.07, 6.45) is 4.13. The van der Waals surface area contributed by atoms with Gasteiger partial charge in [-0.2, -0.15) is 0 Å². The van der Waals surface area contributed by atoms with Gasteiger partial charge in [-0.1, -0.05) is 26.0 Å². The molecule has 0 unspecified atom stereocenters. The summed E-state index contributed by atoms with van der Waals surface area (Å²) in [6.45, 7) is 4.39. The van der Waals surface area contributed by atoms with Crippen molar-refractivity contribution < 1.29 is 4.18 Å². The maximum Gasteiger partial charge on any atom is 0.191 e. The molecule has 0 spiro atoms. The van der Waals surface area contributed by atoms with Crippen LogP contribution in [0.4, 0.5) is 0 Å². The summed E-state index contributed by atoms with van der Waals surface area (Å²) in [5, 5.41) is 0. The molecule has 1 aromatic rings. The summed E-state index contributed by atoms with van der Waals surface area (Å²) in [6, 6.07) is 8.35. The molecule has 0 fully saturated rings. The van der Waals surface area contributed by atoms with Gasteiger partial charge in [-0.3, -0.25) is 4.18 Å². The molecule has 1 rings (SSSR count). The molecule has 0 aliphatic rings. The van der Waals surface area contributed by atoms with E-state index in [4.69, 9.17) is 4.18 Å². The van der Waals surface area contributed by atoms with Gasteiger partial charge in [0.1, 0.15) is 12.5 Å². The topological polar surface area (TPSA) is 9.23 Å². The molecule has 0 heterocycles. The third-order valence-electron chi connectivity index (χ3n) is 1.81. The van der Waals surface area contributed by atoms with Crippen molar-refractivity contribution in [3.05, 3.63) is 29.8 Å². The van der Waals surface area contributed by atoms with Crippen LogP contribution >= 0.6 is 0 Å². The lowest BCUT2D eigenvalue weighted by atomic mass is 10.0. The SMILES string of the molecule is CC(C)c1ccc(O[S+](C)C)cc1. The van der Waals surface area contributed by atoms with Crippen molar-refractivity contribution in [2.24, 2.45) is 0 Å². The predicted molar refractivity (Wildman–Crippen MR) is 60.4 cm³/mol. The molecule has 0 aromatic heterocycles. The van der Waals surface area contributed by atoms with Crippen molar-refractivity contribution in [3.8, 4) is 5.75 Å². The third kappa shape index (κ3) is 3.31. The van der Waals surface area contributed by atoms with E-state index in [9.17, 15) is 0 Å². The standard InChI is InChI=1S/C11H17OS/c1-9(2)10-5-7-11(8-6-10)12-13(3)4/h5-9H,1-4H3/q+1. The van der Waals surface area contributed by atoms with Crippen molar-refractivity contribution in [3.63, 3.8) is 0 Å². The van der Waals surface area contributed by atoms with E-state index in [-0.39, 0.29) is 11.2 Å². The smallest absolute Gasteiger partial charge is 0.191 e. The second-order valence-electron chi connectivity index (χ2n) is 3.55. The van der Waals surface area contributed by atoms with E-state index in [1.807, 2.05) is 12.1 Å². The zero-order chi connectivity index (χ0) is 9.84. The molecular weight excluding hydrogens is 180 g/mol. The highest BCUT2D eigenvalue weighted by atomic mass is 32.2. The molecule has 72 valence electrons. The molecule has 1 nitrogen and oxygen atoms in total. The van der Waals surface area contributed by atoms with Crippen LogP contribution in [0.15, 0.2) is 24.3 Å². The second-order valence-corrected chi connectivity index (χ2v) is 5.20. The van der Waals surface area contributed by atoms with E-state index in [1.54, 1.807) is 0 Å². The van der Waals surface area contributed by atoms with Gasteiger partial charge in [0.25, 0.3) is 0 Å². The molecule has 0 N–H and O–H groups in total. The minimum atomic E-state index is 0.0161. The summed E-state index contributed by atoms with van der Waals surface area (Å²) < 4.78 is 5.58. The average molecular weight is 197 g/mol. The van der Waals surface area contributed by atoms with Gasteiger partial charge in [0, 0.05) is 0 Å². The van der Waals surface area contributed by atoms with Gasteiger partial charge >= 0.3 is 0 Å². The molecule has 2 heteroatoms. The molecule has 0 atom stereocenters. The first kappa shape index (κ1) is 10.5. The van der Waals surface area contributed by atoms with Crippen molar-refractivity contribution in [1.82, 2.24) is 0 Å². The van der Waals surface area contributed by atoms with Gasteiger partial charge in [0.2, 0.25) is 0 Å². The summed E-state index contributed by atoms with van der Waals surface area (Å²) in [4.78, 5) is 0. The molecule has 0 radical (unpaired) electrons. The van der Waals surface area contributed by atoms with Crippen molar-refractivity contribution in [1.29, 1.82) is 0 Å². The normalized spacial score (nSPS) is 10.9. The number of benzene rings is 1. The lowest BCUT2D eigenvalue weighted by Crippen LogP contribution is -2.04. The molecule has 0 amide bonds. The fraction of sp³-hybridized carbons (Fsp3) is 0.455. The van der Waals surface area contributed by atoms with Gasteiger partial charge in [-0.05, 0) is 23.6 Å². The van der Waals surface area contributed by atoms with Gasteiger partial charge in [0.15, 0.2) is 16.9 Å². The Balaban J connectivity index is 2.70. The summed E-state index contributed by atoms with van der Waals surface area (Å²) in [5.74, 6) is 1.56. The minimum absolute atomic E-state index is 0.0161. The highest BCUT2D eigenvalue weighted by molar-refractivity contribution is 7.91. The van der Waals surface area contributed by atoms with Crippen LogP contribution in [-0.4, -0.2) is 12.5 Å². The quantitative estimate of drug-likeness (QED) is 0.677. The van der Waals surface area contributed by atoms with Gasteiger partial charge in [0.05, 0.1) is 0 Å². The van der Waals surface area contributed by atoms with Gasteiger partial charge < -0.3 is 0 Å². The fourth-order valence-electron chi connectivity index (χ4n) is 1.10. The molecule has 0 saturated heterocycles. The maximum atomic E-state index is 5.58. The molecule has 0 aliphatic carbocycles. The summed E-state index contributed by atoms with van der Waals surface area (Å²) >= 11 is 0.0161. The Morgan fingerprint density at radius 3 is 2.00 bits per heavy atom. The lowest BCUT2D eigenvalue weighted by Gasteiger charge is -2.05. The Morgan fingerprint density at radius 2 is 1.62 bits per heavy atom. The van der Waals surface area contributed by atoms with E-state index in [0.717, 1.165) is 5.75 Å². The van der Waals surface area contributed by atoms with Crippen LogP contribution in [0.5, 0.6) is 5.75 Å². The van der Waals surface area contributed by atoms with E-state index in [0.29, 0.717) is 5.92 Å². The Kier molecular flexibility index (Phi) is 3.67. The predicted octanol–water partition coefficient (Wildman–Crippen LogP) is 2.98. The van der Waals surface area contributed by atoms with Crippen molar-refractivity contribution in [2.75, 3.05) is 12.5 Å². The monoisotopic (exact) mass is 197 g/mol. The van der Waals surface area contributed by atoms with Gasteiger partial charge in [-0.25, -0.2) is 0 Å². The molecule has 0 saturated carbocycles. The van der Waals surface area contributed by atoms with Crippen LogP contribution in [0, 0.1) is 0 Å². The third-order valence-corrected chi connectivity index (χ3v) is 2.34. The van der Waals surface area contributed by atoms with Crippen LogP contribution in [0.25, 0.3) is 0 Å². The lowest BCUT2D eigenvalue weighted by molar-refractivity contribution is 0.634. The zero-order valence-electron chi connectivity index (χ0n) is 8.70. The number of hydrogen-bond acceptors (Lipinski definition) is 1. The van der Waals surface area contributed by atoms with Crippen molar-refractivity contribution in [2.45, 2.75) is 19.8 Å². The van der Waals surface area contributed by atoms with E-state index in [1.165, 1.54) is 5.56 Å². The molecule has 13 heavy (non-hydrogen) atoms. The molecule has 0 bridgehead atoms. The molecule has 0 aliphatic heterocycles. The molecule has 1 aromatic carbocycles. The minimum Gasteiger partial charge on any atom is -0.287 e. The Labute approximate surface area is 83.7 Å². The first-order valence-electron chi connectivity index (χ1n) is 4.45. The average Bonchev–Trinajstić information content (AvgIpc) is 2.04. The highest BCUT2D eigenvalue weighted by Gasteiger charge is 2.06. The largest absolute Gasteiger partial charge is 0.287 e. The Morgan fingerprint density at radius 1 is 1.08 bits per heavy atom. The maximum absolute atomic E-state index is 5.58. The summed E-state index contributed by atoms with van der Waals surface area (Å²) in [5.41, 5.74) is 1.36. The zero-order valence-corrected chi connectivity index (χ0v) is 9.52. The Bertz CT molecular complexity index is 251. The van der Waals surface area contributed by atoms with Crippen LogP contribution in [0.2, 0.25) is 0 Å². The van der Waals surface area contributed by atoms with Crippen LogP contribution in [0.1, 0.15) is 25.3 Å². The number of hydrogen-bond donors (Lipinski definition) is 0. The first-order valence-corrected chi connectivity index (χ1v) is 6.42. The van der Waals surface area contributed by atoms with Crippen LogP contribution in [-0.2, 0) is 11.2 Å². The van der Waals surface area contributed by atoms with E-state index < -0.39 is 0 Å². The Hall–Kier alpha value is -0.630. The number of rotatable bonds is 3. The van der Waals surface area contributed by atoms with Crippen molar-refractivity contribution >= 4 is 11.2 Å². The molecular formula is C11H17OS+.